The number of benzene rings is 2. The first-order valence-electron chi connectivity index (χ1n) is 12.0. The molecule has 0 amide bonds. The van der Waals surface area contributed by atoms with E-state index in [1.807, 2.05) is 12.1 Å². The molecule has 3 nitrogen and oxygen atoms in total. The van der Waals surface area contributed by atoms with Crippen molar-refractivity contribution in [3.8, 4) is 5.75 Å². The highest BCUT2D eigenvalue weighted by molar-refractivity contribution is 5.97. The van der Waals surface area contributed by atoms with Crippen molar-refractivity contribution in [2.75, 3.05) is 7.11 Å². The number of furan rings is 2. The van der Waals surface area contributed by atoms with Crippen LogP contribution < -0.4 is 4.74 Å². The largest absolute Gasteiger partial charge is 0.497 e. The molecular weight excluding hydrogens is 420 g/mol. The van der Waals surface area contributed by atoms with Crippen molar-refractivity contribution >= 4 is 28.7 Å². The van der Waals surface area contributed by atoms with Gasteiger partial charge in [0.05, 0.1) is 13.4 Å². The average Bonchev–Trinajstić information content (AvgIpc) is 3.44. The van der Waals surface area contributed by atoms with Gasteiger partial charge in [0.25, 0.3) is 0 Å². The van der Waals surface area contributed by atoms with Gasteiger partial charge in [0.15, 0.2) is 0 Å². The molecule has 2 atom stereocenters. The topological polar surface area (TPSA) is 35.5 Å². The van der Waals surface area contributed by atoms with Crippen LogP contribution in [0.25, 0.3) is 28.7 Å². The fourth-order valence-corrected chi connectivity index (χ4v) is 5.95. The van der Waals surface area contributed by atoms with Crippen molar-refractivity contribution in [3.63, 3.8) is 0 Å². The summed E-state index contributed by atoms with van der Waals surface area (Å²) in [6, 6.07) is 15.1. The summed E-state index contributed by atoms with van der Waals surface area (Å²) in [6.45, 7) is 4.59. The van der Waals surface area contributed by atoms with Crippen LogP contribution in [0.3, 0.4) is 0 Å². The number of hydrogen-bond acceptors (Lipinski definition) is 3. The van der Waals surface area contributed by atoms with Crippen molar-refractivity contribution < 1.29 is 13.6 Å². The van der Waals surface area contributed by atoms with E-state index in [1.54, 1.807) is 13.4 Å². The van der Waals surface area contributed by atoms with Gasteiger partial charge in [-0.3, -0.25) is 0 Å². The lowest BCUT2D eigenvalue weighted by atomic mass is 9.63. The van der Waals surface area contributed by atoms with E-state index in [0.717, 1.165) is 35.7 Å². The average molecular weight is 447 g/mol. The molecule has 34 heavy (non-hydrogen) atoms. The van der Waals surface area contributed by atoms with Crippen LogP contribution in [0.2, 0.25) is 0 Å². The Kier molecular flexibility index (Phi) is 4.00. The minimum atomic E-state index is -0.146. The molecule has 0 aliphatic heterocycles. The van der Waals surface area contributed by atoms with E-state index in [1.165, 1.54) is 44.3 Å². The summed E-state index contributed by atoms with van der Waals surface area (Å²) in [5.41, 5.74) is 9.60. The third kappa shape index (κ3) is 2.70. The SMILES string of the molecule is COc1ccc(C2=CC3=Cc4occc4CC3(C)c3cc4oc5c(c4cc32)C=CC(C)C5)cc1. The minimum Gasteiger partial charge on any atom is -0.497 e. The molecule has 0 N–H and O–H groups in total. The molecule has 2 aromatic heterocycles. The second-order valence-electron chi connectivity index (χ2n) is 10.1. The summed E-state index contributed by atoms with van der Waals surface area (Å²) >= 11 is 0. The Morgan fingerprint density at radius 1 is 1.06 bits per heavy atom. The Morgan fingerprint density at radius 3 is 2.74 bits per heavy atom. The normalized spacial score (nSPS) is 22.4. The summed E-state index contributed by atoms with van der Waals surface area (Å²) in [5, 5.41) is 1.20. The van der Waals surface area contributed by atoms with Crippen molar-refractivity contribution in [2.24, 2.45) is 5.92 Å². The molecule has 0 bridgehead atoms. The maximum atomic E-state index is 6.45. The molecule has 0 fully saturated rings. The number of allylic oxidation sites excluding steroid dienone is 3. The molecule has 3 heteroatoms. The molecule has 2 heterocycles. The molecule has 168 valence electrons. The van der Waals surface area contributed by atoms with E-state index in [-0.39, 0.29) is 5.41 Å². The Bertz CT molecular complexity index is 1550. The second-order valence-corrected chi connectivity index (χ2v) is 10.1. The van der Waals surface area contributed by atoms with Crippen molar-refractivity contribution in [1.29, 1.82) is 0 Å². The molecule has 2 aromatic carbocycles. The van der Waals surface area contributed by atoms with E-state index in [9.17, 15) is 0 Å². The quantitative estimate of drug-likeness (QED) is 0.318. The fraction of sp³-hybridized carbons (Fsp3) is 0.226. The van der Waals surface area contributed by atoms with Gasteiger partial charge in [0.2, 0.25) is 0 Å². The van der Waals surface area contributed by atoms with Gasteiger partial charge in [0.1, 0.15) is 22.9 Å². The lowest BCUT2D eigenvalue weighted by Crippen LogP contribution is -2.33. The van der Waals surface area contributed by atoms with Crippen LogP contribution in [0.5, 0.6) is 5.75 Å². The first kappa shape index (κ1) is 19.7. The van der Waals surface area contributed by atoms with Gasteiger partial charge in [-0.05, 0) is 88.2 Å². The van der Waals surface area contributed by atoms with E-state index in [2.05, 4.69) is 68.5 Å². The molecule has 4 aromatic rings. The van der Waals surface area contributed by atoms with Crippen LogP contribution in [-0.4, -0.2) is 7.11 Å². The molecule has 7 rings (SSSR count). The van der Waals surface area contributed by atoms with Crippen LogP contribution in [0.4, 0.5) is 0 Å². The summed E-state index contributed by atoms with van der Waals surface area (Å²) in [7, 11) is 1.70. The zero-order valence-corrected chi connectivity index (χ0v) is 19.6. The monoisotopic (exact) mass is 446 g/mol. The van der Waals surface area contributed by atoms with Crippen molar-refractivity contribution in [2.45, 2.75) is 32.1 Å². The zero-order chi connectivity index (χ0) is 23.0. The summed E-state index contributed by atoms with van der Waals surface area (Å²) in [5.74, 6) is 3.43. The van der Waals surface area contributed by atoms with Crippen LogP contribution in [0, 0.1) is 5.92 Å². The van der Waals surface area contributed by atoms with Gasteiger partial charge < -0.3 is 13.6 Å². The molecular formula is C31H26O3. The lowest BCUT2D eigenvalue weighted by Gasteiger charge is -2.40. The number of methoxy groups -OCH3 is 1. The predicted molar refractivity (Wildman–Crippen MR) is 136 cm³/mol. The van der Waals surface area contributed by atoms with E-state index >= 15 is 0 Å². The Hall–Kier alpha value is -3.72. The molecule has 0 spiro atoms. The summed E-state index contributed by atoms with van der Waals surface area (Å²) in [6.07, 6.45) is 12.8. The number of fused-ring (bicyclic) bond motifs is 7. The van der Waals surface area contributed by atoms with Crippen LogP contribution in [-0.2, 0) is 18.3 Å². The van der Waals surface area contributed by atoms with Gasteiger partial charge in [-0.1, -0.05) is 38.1 Å². The number of hydrogen-bond donors (Lipinski definition) is 0. The fourth-order valence-electron chi connectivity index (χ4n) is 5.95. The van der Waals surface area contributed by atoms with Gasteiger partial charge in [0, 0.05) is 22.8 Å². The summed E-state index contributed by atoms with van der Waals surface area (Å²) in [4.78, 5) is 0. The highest BCUT2D eigenvalue weighted by Crippen LogP contribution is 2.51. The maximum Gasteiger partial charge on any atom is 0.135 e. The van der Waals surface area contributed by atoms with Crippen LogP contribution in [0.15, 0.2) is 75.3 Å². The number of ether oxygens (including phenoxy) is 1. The third-order valence-corrected chi connectivity index (χ3v) is 7.88. The van der Waals surface area contributed by atoms with Gasteiger partial charge >= 0.3 is 0 Å². The molecule has 0 saturated heterocycles. The highest BCUT2D eigenvalue weighted by Gasteiger charge is 2.41. The molecule has 3 aliphatic rings. The van der Waals surface area contributed by atoms with Crippen molar-refractivity contribution in [3.05, 3.63) is 106 Å². The van der Waals surface area contributed by atoms with Crippen LogP contribution >= 0.6 is 0 Å². The molecule has 0 saturated carbocycles. The lowest BCUT2D eigenvalue weighted by molar-refractivity contribution is 0.415. The van der Waals surface area contributed by atoms with Gasteiger partial charge in [-0.15, -0.1) is 0 Å². The van der Waals surface area contributed by atoms with Gasteiger partial charge in [-0.2, -0.15) is 0 Å². The first-order chi connectivity index (χ1) is 16.5. The van der Waals surface area contributed by atoms with Gasteiger partial charge in [-0.25, -0.2) is 0 Å². The summed E-state index contributed by atoms with van der Waals surface area (Å²) < 4.78 is 17.7. The third-order valence-electron chi connectivity index (χ3n) is 7.88. The highest BCUT2D eigenvalue weighted by atomic mass is 16.5. The van der Waals surface area contributed by atoms with E-state index in [0.29, 0.717) is 5.92 Å². The molecule has 0 radical (unpaired) electrons. The molecule has 2 unspecified atom stereocenters. The van der Waals surface area contributed by atoms with Crippen LogP contribution in [0.1, 0.15) is 53.2 Å². The Morgan fingerprint density at radius 2 is 1.91 bits per heavy atom. The van der Waals surface area contributed by atoms with E-state index in [4.69, 9.17) is 13.6 Å². The standard InChI is InChI=1S/C31H26O3/c1-18-4-9-23-26-15-25-24(19-5-7-22(32-3)8-6-19)13-21-14-28-20(10-11-33-28)17-31(21,2)27(25)16-30(26)34-29(23)12-18/h4-11,13-16,18H,12,17H2,1-3H3. The Labute approximate surface area is 199 Å². The van der Waals surface area contributed by atoms with E-state index < -0.39 is 0 Å². The zero-order valence-electron chi connectivity index (χ0n) is 19.6. The predicted octanol–water partition coefficient (Wildman–Crippen LogP) is 7.58. The van der Waals surface area contributed by atoms with Crippen molar-refractivity contribution in [1.82, 2.24) is 0 Å². The first-order valence-corrected chi connectivity index (χ1v) is 12.0. The Balaban J connectivity index is 1.51. The minimum absolute atomic E-state index is 0.146. The second kappa shape index (κ2) is 6.89. The number of rotatable bonds is 2. The molecule has 3 aliphatic carbocycles. The smallest absolute Gasteiger partial charge is 0.135 e. The maximum absolute atomic E-state index is 6.45.